The Morgan fingerprint density at radius 3 is 2.73 bits per heavy atom. The fourth-order valence-corrected chi connectivity index (χ4v) is 5.93. The van der Waals surface area contributed by atoms with Gasteiger partial charge in [-0.3, -0.25) is 14.4 Å². The van der Waals surface area contributed by atoms with E-state index >= 15 is 0 Å². The van der Waals surface area contributed by atoms with E-state index in [0.29, 0.717) is 37.9 Å². The summed E-state index contributed by atoms with van der Waals surface area (Å²) in [6.45, 7) is 5.18. The summed E-state index contributed by atoms with van der Waals surface area (Å²) in [5, 5.41) is 11.8. The maximum Gasteiger partial charge on any atom is 0.226 e. The Kier molecular flexibility index (Phi) is 7.77. The monoisotopic (exact) mass is 547 g/mol. The van der Waals surface area contributed by atoms with Gasteiger partial charge in [0.15, 0.2) is 11.5 Å². The first-order valence-electron chi connectivity index (χ1n) is 14.2. The molecule has 0 unspecified atom stereocenters. The molecule has 0 aliphatic carbocycles. The average molecular weight is 548 g/mol. The van der Waals surface area contributed by atoms with Crippen LogP contribution in [0.4, 0.5) is 0 Å². The number of para-hydroxylation sites is 1. The number of aryl methyl sites for hydroxylation is 1. The summed E-state index contributed by atoms with van der Waals surface area (Å²) < 4.78 is 25.3. The molecule has 10 nitrogen and oxygen atoms in total. The number of nitrogens with zero attached hydrogens (tertiary/aromatic N) is 4. The van der Waals surface area contributed by atoms with Crippen molar-refractivity contribution >= 4 is 5.91 Å². The van der Waals surface area contributed by atoms with Crippen LogP contribution in [0.25, 0.3) is 0 Å². The van der Waals surface area contributed by atoms with E-state index in [9.17, 15) is 4.79 Å². The van der Waals surface area contributed by atoms with Crippen LogP contribution in [0.5, 0.6) is 23.0 Å². The van der Waals surface area contributed by atoms with Crippen molar-refractivity contribution in [3.63, 3.8) is 0 Å². The van der Waals surface area contributed by atoms with Gasteiger partial charge < -0.3 is 24.3 Å². The predicted octanol–water partition coefficient (Wildman–Crippen LogP) is 3.72. The molecule has 3 aromatic rings. The van der Waals surface area contributed by atoms with E-state index in [1.807, 2.05) is 41.2 Å². The van der Waals surface area contributed by atoms with Crippen LogP contribution in [0, 0.1) is 5.41 Å². The van der Waals surface area contributed by atoms with Gasteiger partial charge >= 0.3 is 0 Å². The highest BCUT2D eigenvalue weighted by Crippen LogP contribution is 2.41. The summed E-state index contributed by atoms with van der Waals surface area (Å²) in [5.41, 5.74) is 2.44. The molecule has 0 radical (unpaired) electrons. The fourth-order valence-electron chi connectivity index (χ4n) is 5.93. The van der Waals surface area contributed by atoms with E-state index in [1.54, 1.807) is 7.11 Å². The molecule has 1 saturated heterocycles. The second-order valence-electron chi connectivity index (χ2n) is 10.9. The van der Waals surface area contributed by atoms with Crippen LogP contribution in [0.2, 0.25) is 0 Å². The van der Waals surface area contributed by atoms with Crippen LogP contribution in [0.3, 0.4) is 0 Å². The average Bonchev–Trinajstić information content (AvgIpc) is 3.30. The standard InChI is InChI=1S/C30H37N5O5/c1-37-26-16-22(17-27-28(26)39-15-5-14-38-27)19-34-12-9-30(10-13-34)8-4-11-35-20-24(32-33-35)21-40-25-7-3-2-6-23(25)18-31-29(30)36/h2-3,6-7,16-17,20H,4-5,8-15,18-19,21H2,1H3,(H,31,36). The largest absolute Gasteiger partial charge is 0.493 e. The molecule has 212 valence electrons. The third-order valence-corrected chi connectivity index (χ3v) is 8.21. The molecule has 0 atom stereocenters. The Morgan fingerprint density at radius 1 is 1.00 bits per heavy atom. The number of methoxy groups -OCH3 is 1. The van der Waals surface area contributed by atoms with E-state index in [4.69, 9.17) is 18.9 Å². The fraction of sp³-hybridized carbons (Fsp3) is 0.500. The van der Waals surface area contributed by atoms with Gasteiger partial charge in [0.2, 0.25) is 11.7 Å². The highest BCUT2D eigenvalue weighted by atomic mass is 16.5. The molecule has 1 amide bonds. The van der Waals surface area contributed by atoms with Crippen LogP contribution in [-0.4, -0.2) is 59.2 Å². The van der Waals surface area contributed by atoms with Gasteiger partial charge in [0.1, 0.15) is 18.1 Å². The number of rotatable bonds is 3. The zero-order valence-electron chi connectivity index (χ0n) is 23.1. The minimum atomic E-state index is -0.428. The smallest absolute Gasteiger partial charge is 0.226 e. The highest BCUT2D eigenvalue weighted by Gasteiger charge is 2.41. The number of hydrogen-bond acceptors (Lipinski definition) is 8. The summed E-state index contributed by atoms with van der Waals surface area (Å²) in [5.74, 6) is 3.00. The van der Waals surface area contributed by atoms with E-state index in [0.717, 1.165) is 86.6 Å². The SMILES string of the molecule is COc1cc(CN2CCC3(CCCn4cc(nn4)COc4ccccc4CNC3=O)CC2)cc2c1OCCCO2. The number of carbonyl (C=O) groups excluding carboxylic acids is 1. The minimum absolute atomic E-state index is 0.121. The molecule has 1 aromatic heterocycles. The Bertz CT molecular complexity index is 1330. The zero-order valence-corrected chi connectivity index (χ0v) is 23.1. The van der Waals surface area contributed by atoms with Crippen LogP contribution >= 0.6 is 0 Å². The molecule has 6 rings (SSSR count). The van der Waals surface area contributed by atoms with Crippen molar-refractivity contribution in [3.05, 3.63) is 59.4 Å². The van der Waals surface area contributed by atoms with E-state index in [1.165, 1.54) is 0 Å². The topological polar surface area (TPSA) is 100.0 Å². The maximum absolute atomic E-state index is 13.8. The predicted molar refractivity (Wildman–Crippen MR) is 147 cm³/mol. The highest BCUT2D eigenvalue weighted by molar-refractivity contribution is 5.82. The van der Waals surface area contributed by atoms with Gasteiger partial charge in [-0.05, 0) is 62.5 Å². The third-order valence-electron chi connectivity index (χ3n) is 8.21. The molecule has 0 saturated carbocycles. The van der Waals surface area contributed by atoms with Crippen molar-refractivity contribution in [3.8, 4) is 23.0 Å². The molecular formula is C30H37N5O5. The molecule has 1 spiro atoms. The molecule has 4 heterocycles. The second-order valence-corrected chi connectivity index (χ2v) is 10.9. The first-order chi connectivity index (χ1) is 19.6. The molecule has 10 heteroatoms. The van der Waals surface area contributed by atoms with Gasteiger partial charge in [0, 0.05) is 31.6 Å². The molecular weight excluding hydrogens is 510 g/mol. The number of nitrogens with one attached hydrogen (secondary N) is 1. The summed E-state index contributed by atoms with van der Waals surface area (Å²) in [4.78, 5) is 16.2. The third kappa shape index (κ3) is 5.72. The van der Waals surface area contributed by atoms with E-state index < -0.39 is 5.41 Å². The van der Waals surface area contributed by atoms with Gasteiger partial charge in [-0.2, -0.15) is 0 Å². The van der Waals surface area contributed by atoms with Crippen LogP contribution in [0.1, 0.15) is 48.9 Å². The number of amides is 1. The Morgan fingerprint density at radius 2 is 1.85 bits per heavy atom. The quantitative estimate of drug-likeness (QED) is 0.530. The van der Waals surface area contributed by atoms with Crippen LogP contribution in [0.15, 0.2) is 42.6 Å². The number of carbonyl (C=O) groups is 1. The first kappa shape index (κ1) is 26.4. The number of aromatic nitrogens is 3. The number of piperidine rings is 1. The summed E-state index contributed by atoms with van der Waals surface area (Å²) >= 11 is 0. The van der Waals surface area contributed by atoms with Crippen molar-refractivity contribution in [2.45, 2.75) is 58.3 Å². The lowest BCUT2D eigenvalue weighted by Crippen LogP contribution is -2.48. The summed E-state index contributed by atoms with van der Waals surface area (Å²) in [6.07, 6.45) is 6.03. The Labute approximate surface area is 234 Å². The number of ether oxygens (including phenoxy) is 4. The molecule has 3 aliphatic heterocycles. The minimum Gasteiger partial charge on any atom is -0.493 e. The van der Waals surface area contributed by atoms with Crippen LogP contribution < -0.4 is 24.3 Å². The van der Waals surface area contributed by atoms with Gasteiger partial charge in [0.05, 0.1) is 31.9 Å². The molecule has 3 aliphatic rings. The number of likely N-dealkylation sites (tertiary alicyclic amines) is 1. The van der Waals surface area contributed by atoms with Gasteiger partial charge in [0.25, 0.3) is 0 Å². The maximum atomic E-state index is 13.8. The van der Waals surface area contributed by atoms with E-state index in [2.05, 4.69) is 26.6 Å². The van der Waals surface area contributed by atoms with Crippen molar-refractivity contribution in [2.75, 3.05) is 33.4 Å². The van der Waals surface area contributed by atoms with Crippen LogP contribution in [-0.2, 0) is 31.0 Å². The van der Waals surface area contributed by atoms with Gasteiger partial charge in [-0.15, -0.1) is 5.10 Å². The molecule has 2 aromatic carbocycles. The summed E-state index contributed by atoms with van der Waals surface area (Å²) in [7, 11) is 1.66. The first-order valence-corrected chi connectivity index (χ1v) is 14.2. The number of fused-ring (bicyclic) bond motifs is 4. The van der Waals surface area contributed by atoms with Crippen molar-refractivity contribution in [2.24, 2.45) is 5.41 Å². The molecule has 40 heavy (non-hydrogen) atoms. The van der Waals surface area contributed by atoms with Gasteiger partial charge in [-0.1, -0.05) is 23.4 Å². The Hall–Kier alpha value is -3.79. The lowest BCUT2D eigenvalue weighted by Gasteiger charge is -2.41. The Balaban J connectivity index is 1.17. The normalized spacial score (nSPS) is 19.5. The number of hydrogen-bond donors (Lipinski definition) is 1. The van der Waals surface area contributed by atoms with Crippen molar-refractivity contribution in [1.29, 1.82) is 0 Å². The number of benzene rings is 2. The lowest BCUT2D eigenvalue weighted by molar-refractivity contribution is -0.135. The van der Waals surface area contributed by atoms with Crippen molar-refractivity contribution < 1.29 is 23.7 Å². The molecule has 1 fully saturated rings. The zero-order chi connectivity index (χ0) is 27.4. The second kappa shape index (κ2) is 11.8. The summed E-state index contributed by atoms with van der Waals surface area (Å²) in [6, 6.07) is 11.9. The molecule has 2 bridgehead atoms. The van der Waals surface area contributed by atoms with E-state index in [-0.39, 0.29) is 5.91 Å². The van der Waals surface area contributed by atoms with Gasteiger partial charge in [-0.25, -0.2) is 0 Å². The van der Waals surface area contributed by atoms with Crippen molar-refractivity contribution in [1.82, 2.24) is 25.2 Å². The lowest BCUT2D eigenvalue weighted by atomic mass is 9.73. The molecule has 1 N–H and O–H groups in total.